The Morgan fingerprint density at radius 2 is 1.62 bits per heavy atom. The molecular formula is C30H38O15. The minimum absolute atomic E-state index is 0.0322. The summed E-state index contributed by atoms with van der Waals surface area (Å²) >= 11 is 0. The summed E-state index contributed by atoms with van der Waals surface area (Å²) in [6, 6.07) is 8.60. The highest BCUT2D eigenvalue weighted by Crippen LogP contribution is 2.32. The number of hydrogen-bond donors (Lipinski definition) is 8. The Morgan fingerprint density at radius 1 is 0.867 bits per heavy atom. The predicted octanol–water partition coefficient (Wildman–Crippen LogP) is -0.713. The van der Waals surface area contributed by atoms with Crippen LogP contribution in [-0.2, 0) is 34.9 Å². The molecular weight excluding hydrogens is 600 g/mol. The van der Waals surface area contributed by atoms with Crippen LogP contribution in [0.25, 0.3) is 6.08 Å². The van der Waals surface area contributed by atoms with Gasteiger partial charge in [-0.3, -0.25) is 0 Å². The van der Waals surface area contributed by atoms with E-state index in [0.29, 0.717) is 11.1 Å². The highest BCUT2D eigenvalue weighted by molar-refractivity contribution is 5.87. The topological polar surface area (TPSA) is 234 Å². The molecule has 0 aromatic heterocycles. The third kappa shape index (κ3) is 8.21. The van der Waals surface area contributed by atoms with Crippen molar-refractivity contribution in [1.29, 1.82) is 0 Å². The summed E-state index contributed by atoms with van der Waals surface area (Å²) in [6.07, 6.45) is -12.4. The number of aliphatic hydroxyl groups excluding tert-OH is 5. The van der Waals surface area contributed by atoms with Gasteiger partial charge >= 0.3 is 5.97 Å². The molecule has 248 valence electrons. The fourth-order valence-corrected chi connectivity index (χ4v) is 4.92. The van der Waals surface area contributed by atoms with Gasteiger partial charge < -0.3 is 69.3 Å². The SMILES string of the molecule is COc1ccc(CCO[C@@H]2O[C@H](CO)[C@@H](OC(=O)/C=C/c3ccc(O)c(O)c3)[C@H](O[C@@H]3O[C@@H](C)[C@@H](O)[C@@H](O)[C@H]3O)[C@H]2O)cc1O. The first-order valence-corrected chi connectivity index (χ1v) is 14.1. The number of carbonyl (C=O) groups is 1. The maximum Gasteiger partial charge on any atom is 0.331 e. The number of aromatic hydroxyl groups is 3. The third-order valence-electron chi connectivity index (χ3n) is 7.47. The van der Waals surface area contributed by atoms with Crippen LogP contribution in [0.1, 0.15) is 18.1 Å². The molecule has 2 fully saturated rings. The summed E-state index contributed by atoms with van der Waals surface area (Å²) in [6.45, 7) is 0.674. The van der Waals surface area contributed by atoms with Crippen molar-refractivity contribution in [3.63, 3.8) is 0 Å². The average Bonchev–Trinajstić information content (AvgIpc) is 3.02. The number of ether oxygens (including phenoxy) is 6. The average molecular weight is 639 g/mol. The van der Waals surface area contributed by atoms with E-state index in [9.17, 15) is 45.6 Å². The molecule has 0 amide bonds. The van der Waals surface area contributed by atoms with E-state index < -0.39 is 79.7 Å². The number of hydrogen-bond acceptors (Lipinski definition) is 15. The van der Waals surface area contributed by atoms with Gasteiger partial charge in [0, 0.05) is 6.08 Å². The van der Waals surface area contributed by atoms with Crippen LogP contribution in [0, 0.1) is 0 Å². The number of esters is 1. The van der Waals surface area contributed by atoms with Crippen molar-refractivity contribution in [3.8, 4) is 23.0 Å². The van der Waals surface area contributed by atoms with Gasteiger partial charge in [0.05, 0.1) is 26.4 Å². The Morgan fingerprint density at radius 3 is 2.29 bits per heavy atom. The quantitative estimate of drug-likeness (QED) is 0.0862. The van der Waals surface area contributed by atoms with Gasteiger partial charge in [0.25, 0.3) is 0 Å². The zero-order valence-electron chi connectivity index (χ0n) is 24.4. The number of benzene rings is 2. The van der Waals surface area contributed by atoms with Crippen molar-refractivity contribution >= 4 is 12.0 Å². The Hall–Kier alpha value is -3.51. The number of phenolic OH excluding ortho intramolecular Hbond substituents is 3. The van der Waals surface area contributed by atoms with Crippen LogP contribution >= 0.6 is 0 Å². The molecule has 15 nitrogen and oxygen atoms in total. The molecule has 10 atom stereocenters. The number of phenols is 3. The molecule has 4 rings (SSSR count). The molecule has 0 saturated carbocycles. The molecule has 2 aromatic carbocycles. The molecule has 2 saturated heterocycles. The van der Waals surface area contributed by atoms with Crippen LogP contribution in [0.15, 0.2) is 42.5 Å². The lowest BCUT2D eigenvalue weighted by Gasteiger charge is -2.46. The molecule has 0 unspecified atom stereocenters. The Labute approximate surface area is 258 Å². The molecule has 15 heteroatoms. The second kappa shape index (κ2) is 15.2. The molecule has 0 aliphatic carbocycles. The summed E-state index contributed by atoms with van der Waals surface area (Å²) in [5, 5.41) is 81.5. The van der Waals surface area contributed by atoms with E-state index in [1.54, 1.807) is 12.1 Å². The van der Waals surface area contributed by atoms with Crippen LogP contribution in [0.5, 0.6) is 23.0 Å². The zero-order chi connectivity index (χ0) is 32.8. The summed E-state index contributed by atoms with van der Waals surface area (Å²) in [5.41, 5.74) is 1.01. The number of rotatable bonds is 11. The molecule has 0 radical (unpaired) electrons. The molecule has 0 bridgehead atoms. The first-order chi connectivity index (χ1) is 21.4. The largest absolute Gasteiger partial charge is 0.504 e. The molecule has 2 aliphatic heterocycles. The van der Waals surface area contributed by atoms with Crippen LogP contribution < -0.4 is 4.74 Å². The van der Waals surface area contributed by atoms with Gasteiger partial charge in [-0.25, -0.2) is 4.79 Å². The van der Waals surface area contributed by atoms with Crippen molar-refractivity contribution < 1.29 is 74.1 Å². The lowest BCUT2D eigenvalue weighted by Crippen LogP contribution is -2.65. The fraction of sp³-hybridized carbons (Fsp3) is 0.500. The first kappa shape index (κ1) is 34.4. The van der Waals surface area contributed by atoms with Gasteiger partial charge in [0.1, 0.15) is 36.6 Å². The second-order valence-corrected chi connectivity index (χ2v) is 10.6. The fourth-order valence-electron chi connectivity index (χ4n) is 4.92. The predicted molar refractivity (Wildman–Crippen MR) is 152 cm³/mol. The summed E-state index contributed by atoms with van der Waals surface area (Å²) in [4.78, 5) is 12.8. The summed E-state index contributed by atoms with van der Waals surface area (Å²) in [5.74, 6) is -1.53. The second-order valence-electron chi connectivity index (χ2n) is 10.6. The van der Waals surface area contributed by atoms with Gasteiger partial charge in [0.15, 0.2) is 41.7 Å². The normalized spacial score (nSPS) is 32.0. The van der Waals surface area contributed by atoms with E-state index in [-0.39, 0.29) is 30.3 Å². The van der Waals surface area contributed by atoms with E-state index in [1.807, 2.05) is 0 Å². The third-order valence-corrected chi connectivity index (χ3v) is 7.47. The van der Waals surface area contributed by atoms with Gasteiger partial charge in [-0.1, -0.05) is 12.1 Å². The maximum atomic E-state index is 12.8. The Bertz CT molecular complexity index is 1320. The summed E-state index contributed by atoms with van der Waals surface area (Å²) in [7, 11) is 1.42. The zero-order valence-corrected chi connectivity index (χ0v) is 24.4. The van der Waals surface area contributed by atoms with Crippen LogP contribution in [-0.4, -0.2) is 129 Å². The van der Waals surface area contributed by atoms with Crippen LogP contribution in [0.2, 0.25) is 0 Å². The van der Waals surface area contributed by atoms with Crippen molar-refractivity contribution in [1.82, 2.24) is 0 Å². The number of methoxy groups -OCH3 is 1. The van der Waals surface area contributed by atoms with E-state index >= 15 is 0 Å². The molecule has 8 N–H and O–H groups in total. The van der Waals surface area contributed by atoms with Gasteiger partial charge in [-0.2, -0.15) is 0 Å². The lowest BCUT2D eigenvalue weighted by atomic mass is 9.97. The highest BCUT2D eigenvalue weighted by atomic mass is 16.7. The van der Waals surface area contributed by atoms with Crippen molar-refractivity contribution in [2.75, 3.05) is 20.3 Å². The van der Waals surface area contributed by atoms with Gasteiger partial charge in [-0.15, -0.1) is 0 Å². The lowest BCUT2D eigenvalue weighted by molar-refractivity contribution is -0.357. The minimum atomic E-state index is -1.76. The van der Waals surface area contributed by atoms with Gasteiger partial charge in [0.2, 0.25) is 0 Å². The maximum absolute atomic E-state index is 12.8. The van der Waals surface area contributed by atoms with Crippen LogP contribution in [0.3, 0.4) is 0 Å². The van der Waals surface area contributed by atoms with Crippen molar-refractivity contribution in [2.45, 2.75) is 74.8 Å². The molecule has 2 aromatic rings. The molecule has 2 aliphatic rings. The van der Waals surface area contributed by atoms with E-state index in [2.05, 4.69) is 0 Å². The standard InChI is InChI=1S/C30H38O15/c1-14-23(36)24(37)25(38)30(42-14)45-28-26(39)29(41-10-9-16-4-7-20(40-2)19(34)12-16)43-21(13-31)27(28)44-22(35)8-5-15-3-6-17(32)18(33)11-15/h3-8,11-12,14,21,23-34,36-39H,9-10,13H2,1-2H3/b8-5+/t14-,21+,23+,24+,25+,26+,27+,28+,29+,30-/m0/s1. The Balaban J connectivity index is 1.52. The molecule has 2 heterocycles. The smallest absolute Gasteiger partial charge is 0.331 e. The number of carbonyl (C=O) groups excluding carboxylic acids is 1. The van der Waals surface area contributed by atoms with Crippen LogP contribution in [0.4, 0.5) is 0 Å². The van der Waals surface area contributed by atoms with Crippen molar-refractivity contribution in [3.05, 3.63) is 53.6 Å². The molecule has 0 spiro atoms. The monoisotopic (exact) mass is 638 g/mol. The van der Waals surface area contributed by atoms with E-state index in [4.69, 9.17) is 28.4 Å². The first-order valence-electron chi connectivity index (χ1n) is 14.1. The Kier molecular flexibility index (Phi) is 11.6. The van der Waals surface area contributed by atoms with Gasteiger partial charge in [-0.05, 0) is 54.8 Å². The van der Waals surface area contributed by atoms with Crippen molar-refractivity contribution in [2.24, 2.45) is 0 Å². The number of aliphatic hydroxyl groups is 5. The summed E-state index contributed by atoms with van der Waals surface area (Å²) < 4.78 is 33.4. The minimum Gasteiger partial charge on any atom is -0.504 e. The van der Waals surface area contributed by atoms with E-state index in [0.717, 1.165) is 6.08 Å². The molecule has 45 heavy (non-hydrogen) atoms. The highest BCUT2D eigenvalue weighted by Gasteiger charge is 2.52. The van der Waals surface area contributed by atoms with E-state index in [1.165, 1.54) is 44.4 Å².